The highest BCUT2D eigenvalue weighted by Crippen LogP contribution is 2.38. The Labute approximate surface area is 133 Å². The summed E-state index contributed by atoms with van der Waals surface area (Å²) < 4.78 is 5.46. The van der Waals surface area contributed by atoms with E-state index >= 15 is 0 Å². The zero-order chi connectivity index (χ0) is 15.6. The van der Waals surface area contributed by atoms with E-state index in [1.807, 2.05) is 30.3 Å². The molecule has 1 saturated carbocycles. The number of aromatic amines is 1. The summed E-state index contributed by atoms with van der Waals surface area (Å²) in [6.45, 7) is 0.481. The molecule has 1 fully saturated rings. The second kappa shape index (κ2) is 5.89. The van der Waals surface area contributed by atoms with Gasteiger partial charge in [0.1, 0.15) is 24.0 Å². The number of aliphatic hydroxyl groups is 1. The molecule has 2 aromatic heterocycles. The van der Waals surface area contributed by atoms with Gasteiger partial charge in [0.25, 0.3) is 0 Å². The lowest BCUT2D eigenvalue weighted by molar-refractivity contribution is 0.244. The highest BCUT2D eigenvalue weighted by molar-refractivity contribution is 5.62. The monoisotopic (exact) mass is 310 g/mol. The lowest BCUT2D eigenvalue weighted by Crippen LogP contribution is -1.98. The van der Waals surface area contributed by atoms with E-state index in [0.29, 0.717) is 18.2 Å². The van der Waals surface area contributed by atoms with Crippen LogP contribution >= 0.6 is 0 Å². The summed E-state index contributed by atoms with van der Waals surface area (Å²) in [4.78, 5) is 4.58. The predicted octanol–water partition coefficient (Wildman–Crippen LogP) is 3.05. The summed E-state index contributed by atoms with van der Waals surface area (Å²) >= 11 is 0. The molecule has 0 aliphatic heterocycles. The third-order valence-electron chi connectivity index (χ3n) is 3.93. The Morgan fingerprint density at radius 2 is 2.09 bits per heavy atom. The van der Waals surface area contributed by atoms with Crippen LogP contribution in [0.1, 0.15) is 36.1 Å². The van der Waals surface area contributed by atoms with Gasteiger partial charge in [0.15, 0.2) is 5.82 Å². The average molecular weight is 310 g/mol. The molecule has 0 radical (unpaired) electrons. The molecule has 1 aliphatic carbocycles. The Morgan fingerprint density at radius 3 is 2.87 bits per heavy atom. The molecule has 4 rings (SSSR count). The Balaban J connectivity index is 1.46. The fourth-order valence-corrected chi connectivity index (χ4v) is 2.50. The SMILES string of the molecule is OCc1ccc(CNc2cccc(-c3n[nH]c(C4CC4)n3)c2)o1. The van der Waals surface area contributed by atoms with Crippen molar-refractivity contribution in [1.82, 2.24) is 15.2 Å². The van der Waals surface area contributed by atoms with Gasteiger partial charge in [-0.3, -0.25) is 5.10 Å². The molecule has 23 heavy (non-hydrogen) atoms. The molecular weight excluding hydrogens is 292 g/mol. The van der Waals surface area contributed by atoms with Gasteiger partial charge in [0, 0.05) is 17.2 Å². The van der Waals surface area contributed by atoms with Crippen LogP contribution < -0.4 is 5.32 Å². The minimum Gasteiger partial charge on any atom is -0.462 e. The van der Waals surface area contributed by atoms with Crippen LogP contribution in [0.4, 0.5) is 5.69 Å². The highest BCUT2D eigenvalue weighted by Gasteiger charge is 2.27. The van der Waals surface area contributed by atoms with E-state index in [1.54, 1.807) is 6.07 Å². The van der Waals surface area contributed by atoms with Crippen molar-refractivity contribution < 1.29 is 9.52 Å². The van der Waals surface area contributed by atoms with Crippen molar-refractivity contribution in [2.45, 2.75) is 31.9 Å². The van der Waals surface area contributed by atoms with Gasteiger partial charge in [-0.15, -0.1) is 0 Å². The van der Waals surface area contributed by atoms with Crippen LogP contribution in [0, 0.1) is 0 Å². The number of hydrogen-bond acceptors (Lipinski definition) is 5. The maximum atomic E-state index is 9.01. The first-order valence-electron chi connectivity index (χ1n) is 7.77. The van der Waals surface area contributed by atoms with Gasteiger partial charge in [-0.25, -0.2) is 4.98 Å². The number of rotatable bonds is 6. The maximum absolute atomic E-state index is 9.01. The molecule has 6 heteroatoms. The molecule has 118 valence electrons. The Kier molecular flexibility index (Phi) is 3.59. The van der Waals surface area contributed by atoms with E-state index in [4.69, 9.17) is 9.52 Å². The summed E-state index contributed by atoms with van der Waals surface area (Å²) in [5.74, 6) is 3.65. The lowest BCUT2D eigenvalue weighted by atomic mass is 10.2. The van der Waals surface area contributed by atoms with Gasteiger partial charge in [-0.2, -0.15) is 5.10 Å². The van der Waals surface area contributed by atoms with E-state index in [9.17, 15) is 0 Å². The van der Waals surface area contributed by atoms with Gasteiger partial charge in [-0.05, 0) is 37.1 Å². The fraction of sp³-hybridized carbons (Fsp3) is 0.294. The van der Waals surface area contributed by atoms with Gasteiger partial charge in [0.05, 0.1) is 6.54 Å². The maximum Gasteiger partial charge on any atom is 0.181 e. The molecule has 2 heterocycles. The van der Waals surface area contributed by atoms with Crippen LogP contribution in [0.5, 0.6) is 0 Å². The largest absolute Gasteiger partial charge is 0.462 e. The van der Waals surface area contributed by atoms with Crippen molar-refractivity contribution >= 4 is 5.69 Å². The number of hydrogen-bond donors (Lipinski definition) is 3. The smallest absolute Gasteiger partial charge is 0.181 e. The van der Waals surface area contributed by atoms with Gasteiger partial charge in [0.2, 0.25) is 0 Å². The van der Waals surface area contributed by atoms with E-state index in [0.717, 1.165) is 28.7 Å². The van der Waals surface area contributed by atoms with Crippen molar-refractivity contribution in [3.8, 4) is 11.4 Å². The van der Waals surface area contributed by atoms with Gasteiger partial charge < -0.3 is 14.8 Å². The zero-order valence-electron chi connectivity index (χ0n) is 12.6. The standard InChI is InChI=1S/C17H18N4O2/c22-10-15-7-6-14(23-15)9-18-13-3-1-2-12(8-13)17-19-16(20-21-17)11-4-5-11/h1-3,6-8,11,18,22H,4-5,9-10H2,(H,19,20,21). The topological polar surface area (TPSA) is 87.0 Å². The summed E-state index contributed by atoms with van der Waals surface area (Å²) in [6.07, 6.45) is 2.41. The molecule has 0 unspecified atom stereocenters. The van der Waals surface area contributed by atoms with Crippen molar-refractivity contribution in [2.24, 2.45) is 0 Å². The predicted molar refractivity (Wildman–Crippen MR) is 85.8 cm³/mol. The first-order chi connectivity index (χ1) is 11.3. The molecule has 3 aromatic rings. The van der Waals surface area contributed by atoms with Crippen molar-refractivity contribution in [1.29, 1.82) is 0 Å². The minimum atomic E-state index is -0.0797. The Bertz CT molecular complexity index is 804. The molecule has 0 amide bonds. The quantitative estimate of drug-likeness (QED) is 0.651. The van der Waals surface area contributed by atoms with E-state index < -0.39 is 0 Å². The number of aromatic nitrogens is 3. The molecule has 0 saturated heterocycles. The summed E-state index contributed by atoms with van der Waals surface area (Å²) in [5, 5.41) is 19.7. The Morgan fingerprint density at radius 1 is 1.22 bits per heavy atom. The van der Waals surface area contributed by atoms with E-state index in [1.165, 1.54) is 12.8 Å². The van der Waals surface area contributed by atoms with Gasteiger partial charge >= 0.3 is 0 Å². The molecule has 3 N–H and O–H groups in total. The molecule has 0 bridgehead atoms. The molecule has 1 aliphatic rings. The van der Waals surface area contributed by atoms with Gasteiger partial charge in [-0.1, -0.05) is 12.1 Å². The second-order valence-corrected chi connectivity index (χ2v) is 5.78. The normalized spacial score (nSPS) is 14.1. The van der Waals surface area contributed by atoms with E-state index in [-0.39, 0.29) is 6.61 Å². The number of anilines is 1. The van der Waals surface area contributed by atoms with Crippen LogP contribution in [0.15, 0.2) is 40.8 Å². The third-order valence-corrected chi connectivity index (χ3v) is 3.93. The number of benzene rings is 1. The van der Waals surface area contributed by atoms with Crippen molar-refractivity contribution in [3.05, 3.63) is 53.7 Å². The molecule has 0 atom stereocenters. The van der Waals surface area contributed by atoms with Crippen molar-refractivity contribution in [3.63, 3.8) is 0 Å². The fourth-order valence-electron chi connectivity index (χ4n) is 2.50. The van der Waals surface area contributed by atoms with Crippen LogP contribution in [0.2, 0.25) is 0 Å². The van der Waals surface area contributed by atoms with Crippen LogP contribution in [0.3, 0.4) is 0 Å². The molecule has 0 spiro atoms. The number of furan rings is 1. The third kappa shape index (κ3) is 3.12. The summed E-state index contributed by atoms with van der Waals surface area (Å²) in [6, 6.07) is 11.6. The lowest BCUT2D eigenvalue weighted by Gasteiger charge is -2.05. The molecule has 6 nitrogen and oxygen atoms in total. The minimum absolute atomic E-state index is 0.0797. The summed E-state index contributed by atoms with van der Waals surface area (Å²) in [5.41, 5.74) is 1.95. The Hall–Kier alpha value is -2.60. The van der Waals surface area contributed by atoms with Crippen molar-refractivity contribution in [2.75, 3.05) is 5.32 Å². The van der Waals surface area contributed by atoms with Crippen LogP contribution in [-0.4, -0.2) is 20.3 Å². The first kappa shape index (κ1) is 14.0. The number of aliphatic hydroxyl groups excluding tert-OH is 1. The number of nitrogens with one attached hydrogen (secondary N) is 2. The second-order valence-electron chi connectivity index (χ2n) is 5.78. The molecular formula is C17H18N4O2. The van der Waals surface area contributed by atoms with E-state index in [2.05, 4.69) is 20.5 Å². The zero-order valence-corrected chi connectivity index (χ0v) is 12.6. The van der Waals surface area contributed by atoms with Crippen LogP contribution in [-0.2, 0) is 13.2 Å². The molecule has 1 aromatic carbocycles. The number of H-pyrrole nitrogens is 1. The average Bonchev–Trinajstić information content (AvgIpc) is 3.14. The summed E-state index contributed by atoms with van der Waals surface area (Å²) in [7, 11) is 0. The van der Waals surface area contributed by atoms with Crippen LogP contribution in [0.25, 0.3) is 11.4 Å². The highest BCUT2D eigenvalue weighted by atomic mass is 16.4. The first-order valence-corrected chi connectivity index (χ1v) is 7.77. The number of nitrogens with zero attached hydrogens (tertiary/aromatic N) is 2.